The fraction of sp³-hybridized carbons (Fsp3) is 0.308. The maximum atomic E-state index is 12.3. The van der Waals surface area contributed by atoms with E-state index in [2.05, 4.69) is 10.3 Å². The molecule has 1 heterocycles. The number of alkyl halides is 3. The number of carbonyl (C=O) groups is 1. The Morgan fingerprint density at radius 2 is 2.10 bits per heavy atom. The number of hydrogen-bond acceptors (Lipinski definition) is 3. The third-order valence-corrected chi connectivity index (χ3v) is 3.40. The van der Waals surface area contributed by atoms with Crippen LogP contribution in [0.4, 0.5) is 13.2 Å². The molecular formula is C13H10F3N3O. The zero-order valence-electron chi connectivity index (χ0n) is 10.3. The Balaban J connectivity index is 1.72. The third kappa shape index (κ3) is 2.19. The molecule has 1 aromatic heterocycles. The van der Waals surface area contributed by atoms with Gasteiger partial charge in [0.2, 0.25) is 0 Å². The lowest BCUT2D eigenvalue weighted by molar-refractivity contribution is -0.0888. The first-order valence-corrected chi connectivity index (χ1v) is 6.04. The smallest absolute Gasteiger partial charge is 0.282 e. The van der Waals surface area contributed by atoms with Gasteiger partial charge in [-0.15, -0.1) is 5.10 Å². The standard InChI is InChI=1S/C13H10F3N3O/c14-13(15,16)12(20)11-7-19(18-17-11)6-9-5-8-3-1-2-4-10(8)9/h1-4,7,9H,5-6H2. The van der Waals surface area contributed by atoms with Gasteiger partial charge in [-0.1, -0.05) is 29.5 Å². The molecule has 20 heavy (non-hydrogen) atoms. The SMILES string of the molecule is O=C(c1cn(CC2Cc3ccccc32)nn1)C(F)(F)F. The molecule has 0 aliphatic heterocycles. The molecule has 104 valence electrons. The van der Waals surface area contributed by atoms with E-state index in [4.69, 9.17) is 0 Å². The first kappa shape index (κ1) is 12.8. The van der Waals surface area contributed by atoms with Crippen molar-refractivity contribution < 1.29 is 18.0 Å². The van der Waals surface area contributed by atoms with E-state index in [0.29, 0.717) is 6.54 Å². The van der Waals surface area contributed by atoms with Crippen molar-refractivity contribution in [2.24, 2.45) is 0 Å². The number of ketones is 1. The highest BCUT2D eigenvalue weighted by Crippen LogP contribution is 2.35. The Morgan fingerprint density at radius 1 is 1.35 bits per heavy atom. The van der Waals surface area contributed by atoms with E-state index in [-0.39, 0.29) is 5.92 Å². The fourth-order valence-corrected chi connectivity index (χ4v) is 2.39. The van der Waals surface area contributed by atoms with E-state index < -0.39 is 17.7 Å². The lowest BCUT2D eigenvalue weighted by Crippen LogP contribution is -2.23. The molecule has 1 aliphatic rings. The van der Waals surface area contributed by atoms with Gasteiger partial charge in [0.15, 0.2) is 5.69 Å². The molecule has 0 N–H and O–H groups in total. The number of aromatic nitrogens is 3. The van der Waals surface area contributed by atoms with Crippen LogP contribution in [0.25, 0.3) is 0 Å². The van der Waals surface area contributed by atoms with Gasteiger partial charge >= 0.3 is 6.18 Å². The van der Waals surface area contributed by atoms with Gasteiger partial charge < -0.3 is 0 Å². The average molecular weight is 281 g/mol. The zero-order valence-corrected chi connectivity index (χ0v) is 10.3. The quantitative estimate of drug-likeness (QED) is 0.811. The van der Waals surface area contributed by atoms with Crippen LogP contribution in [0.2, 0.25) is 0 Å². The predicted octanol–water partition coefficient (Wildman–Crippen LogP) is 2.36. The molecule has 1 aliphatic carbocycles. The number of rotatable bonds is 3. The minimum absolute atomic E-state index is 0.210. The molecule has 1 unspecified atom stereocenters. The Bertz CT molecular complexity index is 663. The van der Waals surface area contributed by atoms with Crippen molar-refractivity contribution in [3.63, 3.8) is 0 Å². The van der Waals surface area contributed by atoms with Crippen LogP contribution >= 0.6 is 0 Å². The fourth-order valence-electron chi connectivity index (χ4n) is 2.39. The molecule has 0 spiro atoms. The van der Waals surface area contributed by atoms with Crippen molar-refractivity contribution in [2.75, 3.05) is 0 Å². The number of carbonyl (C=O) groups excluding carboxylic acids is 1. The monoisotopic (exact) mass is 281 g/mol. The van der Waals surface area contributed by atoms with Gasteiger partial charge in [-0.3, -0.25) is 9.48 Å². The van der Waals surface area contributed by atoms with Gasteiger partial charge in [-0.2, -0.15) is 13.2 Å². The van der Waals surface area contributed by atoms with Gasteiger partial charge in [0.25, 0.3) is 5.78 Å². The summed E-state index contributed by atoms with van der Waals surface area (Å²) < 4.78 is 38.1. The second-order valence-electron chi connectivity index (χ2n) is 4.75. The Kier molecular flexibility index (Phi) is 2.84. The minimum atomic E-state index is -4.91. The molecular weight excluding hydrogens is 271 g/mol. The molecule has 0 bridgehead atoms. The molecule has 1 aromatic carbocycles. The van der Waals surface area contributed by atoms with E-state index in [9.17, 15) is 18.0 Å². The minimum Gasteiger partial charge on any atom is -0.282 e. The molecule has 7 heteroatoms. The highest BCUT2D eigenvalue weighted by Gasteiger charge is 2.41. The molecule has 0 saturated carbocycles. The summed E-state index contributed by atoms with van der Waals surface area (Å²) in [5, 5.41) is 6.88. The van der Waals surface area contributed by atoms with Crippen molar-refractivity contribution in [3.05, 3.63) is 47.3 Å². The van der Waals surface area contributed by atoms with Gasteiger partial charge in [-0.25, -0.2) is 0 Å². The molecule has 4 nitrogen and oxygen atoms in total. The summed E-state index contributed by atoms with van der Waals surface area (Å²) >= 11 is 0. The normalized spacial score (nSPS) is 17.4. The maximum Gasteiger partial charge on any atom is 0.456 e. The molecule has 0 saturated heterocycles. The number of fused-ring (bicyclic) bond motifs is 1. The summed E-state index contributed by atoms with van der Waals surface area (Å²) in [4.78, 5) is 11.0. The Hall–Kier alpha value is -2.18. The van der Waals surface area contributed by atoms with E-state index in [1.54, 1.807) is 0 Å². The van der Waals surface area contributed by atoms with Crippen LogP contribution in [0.15, 0.2) is 30.5 Å². The first-order chi connectivity index (χ1) is 9.45. The van der Waals surface area contributed by atoms with Gasteiger partial charge in [0.1, 0.15) is 0 Å². The molecule has 0 amide bonds. The molecule has 1 atom stereocenters. The van der Waals surface area contributed by atoms with Crippen LogP contribution in [-0.4, -0.2) is 27.0 Å². The lowest BCUT2D eigenvalue weighted by atomic mass is 9.78. The van der Waals surface area contributed by atoms with Gasteiger partial charge in [0.05, 0.1) is 6.20 Å². The van der Waals surface area contributed by atoms with E-state index >= 15 is 0 Å². The summed E-state index contributed by atoms with van der Waals surface area (Å²) in [6, 6.07) is 7.88. The van der Waals surface area contributed by atoms with Crippen molar-refractivity contribution in [3.8, 4) is 0 Å². The zero-order chi connectivity index (χ0) is 14.3. The summed E-state index contributed by atoms with van der Waals surface area (Å²) in [5.74, 6) is -1.75. The summed E-state index contributed by atoms with van der Waals surface area (Å²) in [6.07, 6.45) is -3.00. The van der Waals surface area contributed by atoms with E-state index in [1.165, 1.54) is 15.8 Å². The third-order valence-electron chi connectivity index (χ3n) is 3.40. The largest absolute Gasteiger partial charge is 0.456 e. The predicted molar refractivity (Wildman–Crippen MR) is 63.3 cm³/mol. The number of benzene rings is 1. The topological polar surface area (TPSA) is 47.8 Å². The number of hydrogen-bond donors (Lipinski definition) is 0. The van der Waals surface area contributed by atoms with Crippen LogP contribution in [0.1, 0.15) is 27.5 Å². The van der Waals surface area contributed by atoms with Crippen LogP contribution in [0.5, 0.6) is 0 Å². The summed E-state index contributed by atoms with van der Waals surface area (Å²) in [6.45, 7) is 0.426. The van der Waals surface area contributed by atoms with Crippen molar-refractivity contribution in [1.82, 2.24) is 15.0 Å². The van der Waals surface area contributed by atoms with Crippen molar-refractivity contribution in [1.29, 1.82) is 0 Å². The molecule has 3 rings (SSSR count). The Morgan fingerprint density at radius 3 is 2.80 bits per heavy atom. The molecule has 0 radical (unpaired) electrons. The second kappa shape index (κ2) is 4.43. The van der Waals surface area contributed by atoms with Crippen molar-refractivity contribution >= 4 is 5.78 Å². The van der Waals surface area contributed by atoms with E-state index in [1.807, 2.05) is 24.3 Å². The number of Topliss-reactive ketones (excluding diaryl/α,β-unsaturated/α-hetero) is 1. The number of nitrogens with zero attached hydrogens (tertiary/aromatic N) is 3. The average Bonchev–Trinajstić information content (AvgIpc) is 2.82. The van der Waals surface area contributed by atoms with Crippen LogP contribution in [0.3, 0.4) is 0 Å². The highest BCUT2D eigenvalue weighted by molar-refractivity contribution is 5.98. The molecule has 0 fully saturated rings. The molecule has 2 aromatic rings. The van der Waals surface area contributed by atoms with E-state index in [0.717, 1.165) is 12.6 Å². The second-order valence-corrected chi connectivity index (χ2v) is 4.75. The van der Waals surface area contributed by atoms with Gasteiger partial charge in [-0.05, 0) is 17.5 Å². The van der Waals surface area contributed by atoms with Crippen LogP contribution in [-0.2, 0) is 13.0 Å². The summed E-state index contributed by atoms with van der Waals surface area (Å²) in [7, 11) is 0. The first-order valence-electron chi connectivity index (χ1n) is 6.04. The van der Waals surface area contributed by atoms with Crippen LogP contribution < -0.4 is 0 Å². The van der Waals surface area contributed by atoms with Gasteiger partial charge in [0, 0.05) is 12.5 Å². The summed E-state index contributed by atoms with van der Waals surface area (Å²) in [5.41, 5.74) is 1.75. The highest BCUT2D eigenvalue weighted by atomic mass is 19.4. The Labute approximate surface area is 112 Å². The van der Waals surface area contributed by atoms with Crippen LogP contribution in [0, 0.1) is 0 Å². The lowest BCUT2D eigenvalue weighted by Gasteiger charge is -2.29. The van der Waals surface area contributed by atoms with Crippen molar-refractivity contribution in [2.45, 2.75) is 25.1 Å². The number of halogens is 3. The maximum absolute atomic E-state index is 12.3.